The Morgan fingerprint density at radius 3 is 1.67 bits per heavy atom. The number of phosphoric ester groups is 1. The number of unbranched alkanes of at least 4 members (excludes halogenated alkanes) is 13. The molecule has 0 saturated carbocycles. The summed E-state index contributed by atoms with van der Waals surface area (Å²) in [5.74, 6) is 0. The third-order valence-electron chi connectivity index (χ3n) is 5.39. The van der Waals surface area contributed by atoms with Crippen LogP contribution in [-0.4, -0.2) is 69.8 Å². The molecule has 0 aromatic heterocycles. The van der Waals surface area contributed by atoms with E-state index in [0.717, 1.165) is 12.8 Å². The first-order valence-electron chi connectivity index (χ1n) is 12.8. The monoisotopic (exact) mass is 497 g/mol. The van der Waals surface area contributed by atoms with Gasteiger partial charge < -0.3 is 28.3 Å². The zero-order chi connectivity index (χ0) is 24.1. The highest BCUT2D eigenvalue weighted by Crippen LogP contribution is 2.38. The van der Waals surface area contributed by atoms with Crippen molar-refractivity contribution < 1.29 is 32.8 Å². The molecule has 1 N–H and O–H groups in total. The van der Waals surface area contributed by atoms with Gasteiger partial charge in [0.05, 0.1) is 34.4 Å². The predicted molar refractivity (Wildman–Crippen MR) is 136 cm³/mol. The fourth-order valence-corrected chi connectivity index (χ4v) is 4.04. The molecule has 0 aliphatic carbocycles. The third kappa shape index (κ3) is 28.1. The minimum absolute atomic E-state index is 0. The van der Waals surface area contributed by atoms with E-state index in [1.54, 1.807) is 0 Å². The number of hydrogen-bond acceptors (Lipinski definition) is 6. The summed E-state index contributed by atoms with van der Waals surface area (Å²) >= 11 is 0. The van der Waals surface area contributed by atoms with Crippen LogP contribution < -0.4 is 4.89 Å². The van der Waals surface area contributed by atoms with E-state index in [2.05, 4.69) is 6.92 Å². The van der Waals surface area contributed by atoms with Crippen LogP contribution in [0, 0.1) is 0 Å². The lowest BCUT2D eigenvalue weighted by atomic mass is 10.0. The van der Waals surface area contributed by atoms with Gasteiger partial charge in [-0.3, -0.25) is 4.57 Å². The number of hydrogen-bond donors (Lipinski definition) is 1. The zero-order valence-electron chi connectivity index (χ0n) is 21.4. The van der Waals surface area contributed by atoms with Crippen LogP contribution in [-0.2, 0) is 18.3 Å². The summed E-state index contributed by atoms with van der Waals surface area (Å²) in [6.07, 6.45) is 17.3. The Morgan fingerprint density at radius 1 is 0.758 bits per heavy atom. The third-order valence-corrected chi connectivity index (χ3v) is 6.35. The Balaban J connectivity index is 0. The number of quaternary nitrogens is 1. The van der Waals surface area contributed by atoms with Crippen LogP contribution in [0.3, 0.4) is 0 Å². The van der Waals surface area contributed by atoms with E-state index < -0.39 is 13.9 Å². The van der Waals surface area contributed by atoms with Crippen molar-refractivity contribution in [2.45, 2.75) is 110 Å². The van der Waals surface area contributed by atoms with E-state index in [0.29, 0.717) is 17.6 Å². The summed E-state index contributed by atoms with van der Waals surface area (Å²) in [6, 6.07) is 0. The molecular weight excluding hydrogens is 441 g/mol. The first kappa shape index (κ1) is 35.2. The van der Waals surface area contributed by atoms with E-state index in [9.17, 15) is 14.6 Å². The normalized spacial score (nSPS) is 14.6. The maximum atomic E-state index is 11.7. The molecule has 2 unspecified atom stereocenters. The van der Waals surface area contributed by atoms with Gasteiger partial charge in [0, 0.05) is 6.61 Å². The molecule has 0 aliphatic rings. The van der Waals surface area contributed by atoms with Crippen molar-refractivity contribution in [3.8, 4) is 0 Å². The van der Waals surface area contributed by atoms with Crippen LogP contribution in [0.15, 0.2) is 0 Å². The minimum Gasteiger partial charge on any atom is -0.756 e. The van der Waals surface area contributed by atoms with E-state index >= 15 is 0 Å². The van der Waals surface area contributed by atoms with Crippen molar-refractivity contribution in [2.24, 2.45) is 0 Å². The summed E-state index contributed by atoms with van der Waals surface area (Å²) in [4.78, 5) is 11.7. The Labute approximate surface area is 205 Å². The molecule has 0 heterocycles. The molecule has 0 amide bonds. The molecule has 202 valence electrons. The van der Waals surface area contributed by atoms with Gasteiger partial charge in [-0.2, -0.15) is 0 Å². The molecule has 0 aliphatic heterocycles. The van der Waals surface area contributed by atoms with Crippen molar-refractivity contribution in [1.29, 1.82) is 0 Å². The van der Waals surface area contributed by atoms with Crippen LogP contribution in [0.1, 0.15) is 104 Å². The van der Waals surface area contributed by atoms with E-state index in [4.69, 9.17) is 13.8 Å². The molecule has 33 heavy (non-hydrogen) atoms. The van der Waals surface area contributed by atoms with Crippen molar-refractivity contribution in [1.82, 2.24) is 0 Å². The Hall–Kier alpha value is -0.0100. The van der Waals surface area contributed by atoms with Crippen LogP contribution in [0.5, 0.6) is 0 Å². The van der Waals surface area contributed by atoms with Crippen molar-refractivity contribution in [2.75, 3.05) is 54.1 Å². The second-order valence-electron chi connectivity index (χ2n) is 9.92. The van der Waals surface area contributed by atoms with E-state index in [1.807, 2.05) is 21.1 Å². The molecular formula is C25H56NO6P. The predicted octanol–water partition coefficient (Wildman–Crippen LogP) is 5.69. The summed E-state index contributed by atoms with van der Waals surface area (Å²) in [6.45, 7) is 3.15. The van der Waals surface area contributed by atoms with Crippen LogP contribution in [0.4, 0.5) is 0 Å². The van der Waals surface area contributed by atoms with Gasteiger partial charge in [0.2, 0.25) is 0 Å². The second kappa shape index (κ2) is 22.5. The molecule has 0 bridgehead atoms. The molecule has 0 radical (unpaired) electrons. The van der Waals surface area contributed by atoms with Crippen LogP contribution >= 0.6 is 7.82 Å². The molecule has 0 fully saturated rings. The first-order chi connectivity index (χ1) is 15.2. The Kier molecular flexibility index (Phi) is 23.9. The highest BCUT2D eigenvalue weighted by Gasteiger charge is 2.15. The quantitative estimate of drug-likeness (QED) is 0.105. The highest BCUT2D eigenvalue weighted by molar-refractivity contribution is 7.45. The summed E-state index contributed by atoms with van der Waals surface area (Å²) in [5.41, 5.74) is 0. The highest BCUT2D eigenvalue weighted by atomic mass is 31.2. The van der Waals surface area contributed by atoms with Crippen LogP contribution in [0.2, 0.25) is 0 Å². The van der Waals surface area contributed by atoms with Gasteiger partial charge in [-0.25, -0.2) is 0 Å². The van der Waals surface area contributed by atoms with Gasteiger partial charge in [0.25, 0.3) is 7.82 Å². The second-order valence-corrected chi connectivity index (χ2v) is 11.3. The SMILES string of the molecule is C.CCCCCCCCCCCCCCCCOCC(O)COP(=O)([O-])OCC[N+](C)(C)C. The van der Waals surface area contributed by atoms with Crippen molar-refractivity contribution in [3.05, 3.63) is 0 Å². The molecule has 7 nitrogen and oxygen atoms in total. The molecule has 0 spiro atoms. The van der Waals surface area contributed by atoms with Crippen LogP contribution in [0.25, 0.3) is 0 Å². The average Bonchev–Trinajstić information content (AvgIpc) is 2.71. The van der Waals surface area contributed by atoms with Gasteiger partial charge in [0.15, 0.2) is 0 Å². The molecule has 0 aromatic rings. The van der Waals surface area contributed by atoms with Crippen molar-refractivity contribution >= 4 is 7.82 Å². The molecule has 0 rings (SSSR count). The number of nitrogens with zero attached hydrogens (tertiary/aromatic N) is 1. The van der Waals surface area contributed by atoms with E-state index in [1.165, 1.54) is 77.0 Å². The van der Waals surface area contributed by atoms with Crippen molar-refractivity contribution in [3.63, 3.8) is 0 Å². The number of ether oxygens (including phenoxy) is 1. The van der Waals surface area contributed by atoms with Gasteiger partial charge in [-0.1, -0.05) is 97.8 Å². The fourth-order valence-electron chi connectivity index (χ4n) is 3.31. The summed E-state index contributed by atoms with van der Waals surface area (Å²) in [5, 5.41) is 9.81. The number of phosphoric acid groups is 1. The van der Waals surface area contributed by atoms with Gasteiger partial charge in [-0.15, -0.1) is 0 Å². The maximum Gasteiger partial charge on any atom is 0.268 e. The van der Waals surface area contributed by atoms with E-state index in [-0.39, 0.29) is 27.2 Å². The molecule has 8 heteroatoms. The summed E-state index contributed by atoms with van der Waals surface area (Å²) in [7, 11) is 1.45. The van der Waals surface area contributed by atoms with Gasteiger partial charge >= 0.3 is 0 Å². The average molecular weight is 498 g/mol. The summed E-state index contributed by atoms with van der Waals surface area (Å²) < 4.78 is 27.2. The first-order valence-corrected chi connectivity index (χ1v) is 14.3. The molecule has 0 aromatic carbocycles. The minimum atomic E-state index is -4.38. The maximum absolute atomic E-state index is 11.7. The zero-order valence-corrected chi connectivity index (χ0v) is 22.3. The Bertz CT molecular complexity index is 459. The largest absolute Gasteiger partial charge is 0.756 e. The number of aliphatic hydroxyl groups excluding tert-OH is 1. The van der Waals surface area contributed by atoms with Gasteiger partial charge in [-0.05, 0) is 6.42 Å². The number of aliphatic hydroxyl groups is 1. The smallest absolute Gasteiger partial charge is 0.268 e. The lowest BCUT2D eigenvalue weighted by Gasteiger charge is -2.27. The lowest BCUT2D eigenvalue weighted by molar-refractivity contribution is -0.870. The lowest BCUT2D eigenvalue weighted by Crippen LogP contribution is -2.37. The van der Waals surface area contributed by atoms with Gasteiger partial charge in [0.1, 0.15) is 19.3 Å². The fraction of sp³-hybridized carbons (Fsp3) is 1.00. The number of likely N-dealkylation sites (N-methyl/N-ethyl adjacent to an activating group) is 1. The molecule has 2 atom stereocenters. The number of rotatable bonds is 24. The Morgan fingerprint density at radius 2 is 1.21 bits per heavy atom. The standard InChI is InChI=1S/C24H52NO6P.CH4/c1-5-6-7-8-9-10-11-12-13-14-15-16-17-18-20-29-22-24(26)23-31-32(27,28)30-21-19-25(2,3)4;/h24,26H,5-23H2,1-4H3;1H4. The molecule has 0 saturated heterocycles. The topological polar surface area (TPSA) is 88.0 Å².